The smallest absolute Gasteiger partial charge is 0.393 e. The Hall–Kier alpha value is -1.70. The van der Waals surface area contributed by atoms with Gasteiger partial charge in [0.15, 0.2) is 0 Å². The summed E-state index contributed by atoms with van der Waals surface area (Å²) in [5.74, 6) is -0.839. The zero-order valence-electron chi connectivity index (χ0n) is 9.64. The van der Waals surface area contributed by atoms with Crippen LogP contribution in [0.1, 0.15) is 23.8 Å². The molecule has 19 heavy (non-hydrogen) atoms. The van der Waals surface area contributed by atoms with Gasteiger partial charge in [-0.3, -0.25) is 14.2 Å². The highest BCUT2D eigenvalue weighted by Crippen LogP contribution is 2.35. The summed E-state index contributed by atoms with van der Waals surface area (Å²) < 4.78 is 38.4. The highest BCUT2D eigenvalue weighted by atomic mass is 35.5. The van der Waals surface area contributed by atoms with E-state index in [1.54, 1.807) is 0 Å². The van der Waals surface area contributed by atoms with Crippen molar-refractivity contribution in [2.45, 2.75) is 25.2 Å². The normalized spacial score (nSPS) is 22.3. The number of rotatable bonds is 1. The summed E-state index contributed by atoms with van der Waals surface area (Å²) >= 11 is 5.76. The number of amides is 1. The van der Waals surface area contributed by atoms with Crippen molar-refractivity contribution in [3.8, 4) is 0 Å². The number of alkyl halides is 3. The Morgan fingerprint density at radius 1 is 1.47 bits per heavy atom. The Kier molecular flexibility index (Phi) is 2.81. The lowest BCUT2D eigenvalue weighted by Crippen LogP contribution is -2.48. The number of hydrogen-bond acceptors (Lipinski definition) is 3. The predicted octanol–water partition coefficient (Wildman–Crippen LogP) is 1.45. The van der Waals surface area contributed by atoms with Crippen LogP contribution in [0.15, 0.2) is 10.9 Å². The van der Waals surface area contributed by atoms with Crippen molar-refractivity contribution < 1.29 is 18.0 Å². The van der Waals surface area contributed by atoms with Crippen molar-refractivity contribution in [3.63, 3.8) is 0 Å². The average molecular weight is 296 g/mol. The Morgan fingerprint density at radius 2 is 2.05 bits per heavy atom. The number of halogens is 4. The summed E-state index contributed by atoms with van der Waals surface area (Å²) in [5, 5.41) is 1.96. The molecule has 2 rings (SSSR count). The monoisotopic (exact) mass is 295 g/mol. The number of carbonyl (C=O) groups is 1. The largest absolute Gasteiger partial charge is 0.394 e. The van der Waals surface area contributed by atoms with Gasteiger partial charge in [-0.25, -0.2) is 0 Å². The van der Waals surface area contributed by atoms with Gasteiger partial charge >= 0.3 is 6.18 Å². The summed E-state index contributed by atoms with van der Waals surface area (Å²) in [6.45, 7) is 1.09. The molecule has 0 bridgehead atoms. The average Bonchev–Trinajstić information content (AvgIpc) is 2.43. The number of aromatic nitrogens is 1. The number of carbonyl (C=O) groups excluding carboxylic acids is 1. The fraction of sp³-hybridized carbons (Fsp3) is 0.400. The van der Waals surface area contributed by atoms with E-state index >= 15 is 0 Å². The number of pyridine rings is 1. The van der Waals surface area contributed by atoms with Gasteiger partial charge < -0.3 is 11.1 Å². The second kappa shape index (κ2) is 3.89. The van der Waals surface area contributed by atoms with Gasteiger partial charge in [0.1, 0.15) is 11.4 Å². The summed E-state index contributed by atoms with van der Waals surface area (Å²) in [5.41, 5.74) is 1.94. The van der Waals surface area contributed by atoms with E-state index in [4.69, 9.17) is 17.3 Å². The van der Waals surface area contributed by atoms with Crippen molar-refractivity contribution in [1.82, 2.24) is 9.88 Å². The van der Waals surface area contributed by atoms with Crippen molar-refractivity contribution in [2.24, 2.45) is 0 Å². The molecule has 0 aliphatic carbocycles. The maximum absolute atomic E-state index is 12.6. The van der Waals surface area contributed by atoms with E-state index in [1.165, 1.54) is 0 Å². The lowest BCUT2D eigenvalue weighted by atomic mass is 10.1. The maximum Gasteiger partial charge on any atom is 0.393 e. The van der Waals surface area contributed by atoms with Crippen LogP contribution in [-0.4, -0.2) is 16.7 Å². The summed E-state index contributed by atoms with van der Waals surface area (Å²) in [6, 6.07) is 1.05. The Balaban J connectivity index is 2.71. The van der Waals surface area contributed by atoms with Gasteiger partial charge in [0.05, 0.1) is 17.1 Å². The molecule has 1 unspecified atom stereocenters. The van der Waals surface area contributed by atoms with Crippen LogP contribution in [0.5, 0.6) is 0 Å². The molecule has 0 spiro atoms. The molecular formula is C10H9ClF3N3O2. The van der Waals surface area contributed by atoms with Crippen LogP contribution in [0.3, 0.4) is 0 Å². The highest BCUT2D eigenvalue weighted by Gasteiger charge is 2.48. The number of fused-ring (bicyclic) bond motifs is 1. The molecule has 1 atom stereocenters. The molecule has 0 radical (unpaired) electrons. The number of hydrogen-bond donors (Lipinski definition) is 2. The molecule has 2 heterocycles. The predicted molar refractivity (Wildman–Crippen MR) is 61.9 cm³/mol. The molecule has 0 saturated carbocycles. The lowest BCUT2D eigenvalue weighted by Gasteiger charge is -2.28. The number of nitrogens with one attached hydrogen (secondary N) is 1. The van der Waals surface area contributed by atoms with Crippen LogP contribution < -0.4 is 16.6 Å². The quantitative estimate of drug-likeness (QED) is 0.823. The lowest BCUT2D eigenvalue weighted by molar-refractivity contribution is -0.155. The van der Waals surface area contributed by atoms with Gasteiger partial charge in [-0.2, -0.15) is 13.2 Å². The molecule has 9 heteroatoms. The van der Waals surface area contributed by atoms with Gasteiger partial charge in [0.2, 0.25) is 0 Å². The van der Waals surface area contributed by atoms with Crippen molar-refractivity contribution in [2.75, 3.05) is 5.73 Å². The summed E-state index contributed by atoms with van der Waals surface area (Å²) in [6.07, 6.45) is -5.97. The maximum atomic E-state index is 12.6. The second-order valence-corrected chi connectivity index (χ2v) is 4.86. The van der Waals surface area contributed by atoms with E-state index in [9.17, 15) is 22.8 Å². The fourth-order valence-corrected chi connectivity index (χ4v) is 2.45. The van der Waals surface area contributed by atoms with Gasteiger partial charge in [-0.05, 0) is 13.0 Å². The third kappa shape index (κ3) is 2.16. The van der Waals surface area contributed by atoms with Crippen LogP contribution in [0.25, 0.3) is 0 Å². The molecule has 1 aliphatic heterocycles. The molecule has 1 aliphatic rings. The van der Waals surface area contributed by atoms with Gasteiger partial charge in [0.25, 0.3) is 11.5 Å². The van der Waals surface area contributed by atoms with E-state index < -0.39 is 29.7 Å². The molecule has 5 nitrogen and oxygen atoms in total. The second-order valence-electron chi connectivity index (χ2n) is 4.46. The van der Waals surface area contributed by atoms with Crippen LogP contribution in [0.2, 0.25) is 5.02 Å². The van der Waals surface area contributed by atoms with E-state index in [-0.39, 0.29) is 16.4 Å². The molecule has 1 aromatic rings. The Labute approximate surface area is 110 Å². The zero-order valence-corrected chi connectivity index (χ0v) is 10.4. The first-order valence-electron chi connectivity index (χ1n) is 5.16. The molecule has 104 valence electrons. The molecule has 0 fully saturated rings. The first-order chi connectivity index (χ1) is 8.55. The van der Waals surface area contributed by atoms with Gasteiger partial charge in [-0.1, -0.05) is 11.6 Å². The molecule has 1 aromatic heterocycles. The summed E-state index contributed by atoms with van der Waals surface area (Å²) in [4.78, 5) is 23.6. The summed E-state index contributed by atoms with van der Waals surface area (Å²) in [7, 11) is 0. The third-order valence-electron chi connectivity index (χ3n) is 2.82. The van der Waals surface area contributed by atoms with E-state index in [2.05, 4.69) is 5.32 Å². The number of nitrogen functional groups attached to an aromatic ring is 1. The zero-order chi connectivity index (χ0) is 14.6. The van der Waals surface area contributed by atoms with Crippen LogP contribution in [0.4, 0.5) is 18.9 Å². The van der Waals surface area contributed by atoms with Crippen molar-refractivity contribution in [1.29, 1.82) is 0 Å². The van der Waals surface area contributed by atoms with E-state index in [0.29, 0.717) is 4.57 Å². The minimum Gasteiger partial charge on any atom is -0.394 e. The van der Waals surface area contributed by atoms with E-state index in [0.717, 1.165) is 13.0 Å². The van der Waals surface area contributed by atoms with Gasteiger partial charge in [0, 0.05) is 0 Å². The first-order valence-corrected chi connectivity index (χ1v) is 5.54. The third-order valence-corrected chi connectivity index (χ3v) is 3.11. The minimum atomic E-state index is -4.57. The van der Waals surface area contributed by atoms with Crippen LogP contribution in [-0.2, 0) is 5.66 Å². The number of anilines is 1. The highest BCUT2D eigenvalue weighted by molar-refractivity contribution is 6.34. The van der Waals surface area contributed by atoms with Crippen molar-refractivity contribution >= 4 is 23.2 Å². The van der Waals surface area contributed by atoms with Crippen molar-refractivity contribution in [3.05, 3.63) is 27.1 Å². The minimum absolute atomic E-state index is 0.166. The Bertz CT molecular complexity index is 626. The van der Waals surface area contributed by atoms with Crippen LogP contribution in [0, 0.1) is 0 Å². The molecule has 0 saturated heterocycles. The number of nitrogens with zero attached hydrogens (tertiary/aromatic N) is 1. The van der Waals surface area contributed by atoms with E-state index in [1.807, 2.05) is 0 Å². The number of nitrogens with two attached hydrogens (primary N) is 1. The molecule has 1 amide bonds. The van der Waals surface area contributed by atoms with Gasteiger partial charge in [-0.15, -0.1) is 0 Å². The first kappa shape index (κ1) is 13.7. The fourth-order valence-electron chi connectivity index (χ4n) is 2.16. The Morgan fingerprint density at radius 3 is 2.58 bits per heavy atom. The molecule has 0 aromatic carbocycles. The standard InChI is InChI=1S/C10H9ClF3N3O2/c1-9(3-10(12,13)14)16-7(18)6-4(11)2-5(15)8(19)17(6)9/h2H,3,15H2,1H3,(H,16,18). The SMILES string of the molecule is CC1(CC(F)(F)F)NC(=O)c2c(Cl)cc(N)c(=O)n21. The van der Waals surface area contributed by atoms with Crippen LogP contribution >= 0.6 is 11.6 Å². The topological polar surface area (TPSA) is 77.1 Å². The molecule has 3 N–H and O–H groups in total. The molecular weight excluding hydrogens is 287 g/mol.